The topological polar surface area (TPSA) is 72.9 Å². The molecule has 1 aromatic rings. The zero-order valence-corrected chi connectivity index (χ0v) is 10.7. The van der Waals surface area contributed by atoms with Crippen LogP contribution in [0.25, 0.3) is 0 Å². The van der Waals surface area contributed by atoms with Gasteiger partial charge in [0.05, 0.1) is 17.1 Å². The summed E-state index contributed by atoms with van der Waals surface area (Å²) in [7, 11) is 0. The zero-order chi connectivity index (χ0) is 12.6. The Morgan fingerprint density at radius 2 is 2.18 bits per heavy atom. The lowest BCUT2D eigenvalue weighted by molar-refractivity contribution is -0.124. The molecule has 5 heteroatoms. The number of hydrogen-bond donors (Lipinski definition) is 2. The first-order chi connectivity index (χ1) is 7.91. The molecule has 5 nitrogen and oxygen atoms in total. The van der Waals surface area contributed by atoms with Gasteiger partial charge in [-0.3, -0.25) is 9.48 Å². The maximum absolute atomic E-state index is 11.9. The molecule has 94 valence electrons. The number of rotatable bonds is 3. The fourth-order valence-corrected chi connectivity index (χ4v) is 2.21. The molecular formula is C12H20N4O. The number of aromatic nitrogens is 2. The highest BCUT2D eigenvalue weighted by Gasteiger charge is 2.33. The summed E-state index contributed by atoms with van der Waals surface area (Å²) in [6, 6.07) is 0. The number of nitrogen functional groups attached to an aromatic ring is 1. The van der Waals surface area contributed by atoms with E-state index in [1.165, 1.54) is 6.42 Å². The average molecular weight is 236 g/mol. The van der Waals surface area contributed by atoms with Gasteiger partial charge in [-0.2, -0.15) is 5.10 Å². The Morgan fingerprint density at radius 1 is 1.53 bits per heavy atom. The highest BCUT2D eigenvalue weighted by molar-refractivity contribution is 5.77. The van der Waals surface area contributed by atoms with Crippen LogP contribution in [-0.2, 0) is 11.3 Å². The van der Waals surface area contributed by atoms with Gasteiger partial charge in [0.1, 0.15) is 6.54 Å². The molecule has 0 atom stereocenters. The quantitative estimate of drug-likeness (QED) is 0.826. The fourth-order valence-electron chi connectivity index (χ4n) is 2.21. The van der Waals surface area contributed by atoms with E-state index in [4.69, 9.17) is 5.73 Å². The SMILES string of the molecule is Cc1nn(CC(=O)NC2(C)CCC2)c(C)c1N. The molecule has 1 saturated carbocycles. The minimum Gasteiger partial charge on any atom is -0.396 e. The first-order valence-electron chi connectivity index (χ1n) is 6.02. The van der Waals surface area contributed by atoms with Crippen molar-refractivity contribution in [3.8, 4) is 0 Å². The van der Waals surface area contributed by atoms with Gasteiger partial charge in [0.25, 0.3) is 0 Å². The lowest BCUT2D eigenvalue weighted by atomic mass is 9.78. The van der Waals surface area contributed by atoms with Gasteiger partial charge in [0.15, 0.2) is 0 Å². The van der Waals surface area contributed by atoms with Crippen LogP contribution in [0.15, 0.2) is 0 Å². The number of anilines is 1. The van der Waals surface area contributed by atoms with Gasteiger partial charge in [0, 0.05) is 5.54 Å². The summed E-state index contributed by atoms with van der Waals surface area (Å²) in [6.07, 6.45) is 3.33. The molecule has 2 rings (SSSR count). The van der Waals surface area contributed by atoms with Crippen molar-refractivity contribution in [2.75, 3.05) is 5.73 Å². The summed E-state index contributed by atoms with van der Waals surface area (Å²) >= 11 is 0. The van der Waals surface area contributed by atoms with Crippen molar-refractivity contribution in [3.05, 3.63) is 11.4 Å². The van der Waals surface area contributed by atoms with E-state index in [9.17, 15) is 4.79 Å². The second-order valence-electron chi connectivity index (χ2n) is 5.20. The molecule has 1 fully saturated rings. The summed E-state index contributed by atoms with van der Waals surface area (Å²) in [5.41, 5.74) is 8.14. The molecule has 0 radical (unpaired) electrons. The maximum Gasteiger partial charge on any atom is 0.242 e. The maximum atomic E-state index is 11.9. The number of nitrogens with zero attached hydrogens (tertiary/aromatic N) is 2. The van der Waals surface area contributed by atoms with Crippen LogP contribution in [0.1, 0.15) is 37.6 Å². The van der Waals surface area contributed by atoms with Crippen LogP contribution in [-0.4, -0.2) is 21.2 Å². The molecule has 1 amide bonds. The minimum absolute atomic E-state index is 0.00126. The third kappa shape index (κ3) is 2.28. The number of nitrogens with two attached hydrogens (primary N) is 1. The molecule has 1 aliphatic carbocycles. The van der Waals surface area contributed by atoms with E-state index in [0.29, 0.717) is 5.69 Å². The van der Waals surface area contributed by atoms with Gasteiger partial charge in [-0.1, -0.05) is 0 Å². The summed E-state index contributed by atoms with van der Waals surface area (Å²) in [4.78, 5) is 11.9. The van der Waals surface area contributed by atoms with Crippen LogP contribution >= 0.6 is 0 Å². The number of aryl methyl sites for hydroxylation is 1. The van der Waals surface area contributed by atoms with Gasteiger partial charge in [-0.05, 0) is 40.0 Å². The van der Waals surface area contributed by atoms with E-state index in [1.807, 2.05) is 13.8 Å². The Bertz CT molecular complexity index is 446. The van der Waals surface area contributed by atoms with Crippen LogP contribution in [0, 0.1) is 13.8 Å². The van der Waals surface area contributed by atoms with E-state index in [-0.39, 0.29) is 18.0 Å². The Hall–Kier alpha value is -1.52. The van der Waals surface area contributed by atoms with Crippen LogP contribution in [0.5, 0.6) is 0 Å². The largest absolute Gasteiger partial charge is 0.396 e. The molecular weight excluding hydrogens is 216 g/mol. The highest BCUT2D eigenvalue weighted by Crippen LogP contribution is 2.30. The van der Waals surface area contributed by atoms with Gasteiger partial charge in [-0.15, -0.1) is 0 Å². The smallest absolute Gasteiger partial charge is 0.242 e. The third-order valence-electron chi connectivity index (χ3n) is 3.63. The van der Waals surface area contributed by atoms with Gasteiger partial charge in [0.2, 0.25) is 5.91 Å². The van der Waals surface area contributed by atoms with E-state index >= 15 is 0 Å². The molecule has 1 heterocycles. The summed E-state index contributed by atoms with van der Waals surface area (Å²) in [5.74, 6) is 0.0119. The number of carbonyl (C=O) groups is 1. The van der Waals surface area contributed by atoms with Crippen molar-refractivity contribution >= 4 is 11.6 Å². The molecule has 17 heavy (non-hydrogen) atoms. The first kappa shape index (κ1) is 12.0. The van der Waals surface area contributed by atoms with Gasteiger partial charge in [-0.25, -0.2) is 0 Å². The zero-order valence-electron chi connectivity index (χ0n) is 10.7. The van der Waals surface area contributed by atoms with E-state index in [2.05, 4.69) is 17.3 Å². The molecule has 0 unspecified atom stereocenters. The predicted molar refractivity (Wildman–Crippen MR) is 66.5 cm³/mol. The second-order valence-corrected chi connectivity index (χ2v) is 5.20. The number of amides is 1. The minimum atomic E-state index is -0.00126. The Labute approximate surface area is 101 Å². The van der Waals surface area contributed by atoms with E-state index in [1.54, 1.807) is 4.68 Å². The standard InChI is InChI=1S/C12H20N4O/c1-8-11(13)9(2)16(15-8)7-10(17)14-12(3)5-4-6-12/h4-7,13H2,1-3H3,(H,14,17). The van der Waals surface area contributed by atoms with Crippen LogP contribution in [0.4, 0.5) is 5.69 Å². The molecule has 0 spiro atoms. The molecule has 3 N–H and O–H groups in total. The molecule has 0 saturated heterocycles. The lowest BCUT2D eigenvalue weighted by Gasteiger charge is -2.39. The van der Waals surface area contributed by atoms with Gasteiger partial charge < -0.3 is 11.1 Å². The summed E-state index contributed by atoms with van der Waals surface area (Å²) < 4.78 is 1.67. The molecule has 0 aromatic carbocycles. The van der Waals surface area contributed by atoms with Crippen LogP contribution in [0.3, 0.4) is 0 Å². The summed E-state index contributed by atoms with van der Waals surface area (Å²) in [6.45, 7) is 6.07. The van der Waals surface area contributed by atoms with Crippen molar-refractivity contribution in [3.63, 3.8) is 0 Å². The Morgan fingerprint density at radius 3 is 2.59 bits per heavy atom. The van der Waals surface area contributed by atoms with E-state index < -0.39 is 0 Å². The van der Waals surface area contributed by atoms with Crippen LogP contribution < -0.4 is 11.1 Å². The van der Waals surface area contributed by atoms with Crippen molar-refractivity contribution < 1.29 is 4.79 Å². The predicted octanol–water partition coefficient (Wildman–Crippen LogP) is 1.14. The van der Waals surface area contributed by atoms with Gasteiger partial charge >= 0.3 is 0 Å². The van der Waals surface area contributed by atoms with Crippen molar-refractivity contribution in [2.45, 2.75) is 52.1 Å². The third-order valence-corrected chi connectivity index (χ3v) is 3.63. The molecule has 0 bridgehead atoms. The van der Waals surface area contributed by atoms with Crippen molar-refractivity contribution in [1.82, 2.24) is 15.1 Å². The molecule has 1 aromatic heterocycles. The van der Waals surface area contributed by atoms with Crippen LogP contribution in [0.2, 0.25) is 0 Å². The highest BCUT2D eigenvalue weighted by atomic mass is 16.2. The normalized spacial score (nSPS) is 17.6. The summed E-state index contributed by atoms with van der Waals surface area (Å²) in [5, 5.41) is 7.31. The monoisotopic (exact) mass is 236 g/mol. The number of carbonyl (C=O) groups excluding carboxylic acids is 1. The fraction of sp³-hybridized carbons (Fsp3) is 0.667. The Kier molecular flexibility index (Phi) is 2.85. The first-order valence-corrected chi connectivity index (χ1v) is 6.02. The second kappa shape index (κ2) is 4.05. The molecule has 0 aliphatic heterocycles. The molecule has 1 aliphatic rings. The average Bonchev–Trinajstić information content (AvgIpc) is 2.44. The lowest BCUT2D eigenvalue weighted by Crippen LogP contribution is -2.51. The van der Waals surface area contributed by atoms with Crippen molar-refractivity contribution in [1.29, 1.82) is 0 Å². The number of hydrogen-bond acceptors (Lipinski definition) is 3. The van der Waals surface area contributed by atoms with E-state index in [0.717, 1.165) is 24.2 Å². The Balaban J connectivity index is 2.00. The number of nitrogens with one attached hydrogen (secondary N) is 1. The van der Waals surface area contributed by atoms with Crippen molar-refractivity contribution in [2.24, 2.45) is 0 Å².